The van der Waals surface area contributed by atoms with E-state index in [-0.39, 0.29) is 0 Å². The molecule has 160 valence electrons. The number of unbranched alkanes of at least 4 members (excludes halogenated alkanes) is 9. The highest BCUT2D eigenvalue weighted by Gasteiger charge is 2.04. The predicted molar refractivity (Wildman–Crippen MR) is 123 cm³/mol. The van der Waals surface area contributed by atoms with Crippen LogP contribution in [-0.4, -0.2) is 35.1 Å². The molecule has 6 heteroatoms. The van der Waals surface area contributed by atoms with Gasteiger partial charge in [0.2, 0.25) is 11.9 Å². The molecule has 0 saturated carbocycles. The summed E-state index contributed by atoms with van der Waals surface area (Å²) in [6.07, 6.45) is 13.3. The van der Waals surface area contributed by atoms with Crippen molar-refractivity contribution in [3.8, 4) is 0 Å². The number of hydrogen-bond acceptors (Lipinski definition) is 6. The van der Waals surface area contributed by atoms with Crippen LogP contribution in [0.3, 0.4) is 0 Å². The van der Waals surface area contributed by atoms with Gasteiger partial charge in [0.25, 0.3) is 0 Å². The fourth-order valence-corrected chi connectivity index (χ4v) is 3.31. The van der Waals surface area contributed by atoms with Crippen molar-refractivity contribution in [2.24, 2.45) is 0 Å². The van der Waals surface area contributed by atoms with E-state index in [0.717, 1.165) is 25.2 Å². The monoisotopic (exact) mass is 398 g/mol. The van der Waals surface area contributed by atoms with Crippen LogP contribution < -0.4 is 16.0 Å². The Labute approximate surface area is 176 Å². The molecular weight excluding hydrogens is 360 g/mol. The minimum absolute atomic E-state index is 0.581. The fraction of sp³-hybridized carbons (Fsp3) is 0.609. The van der Waals surface area contributed by atoms with E-state index in [1.807, 2.05) is 44.3 Å². The molecule has 0 aliphatic heterocycles. The van der Waals surface area contributed by atoms with Crippen molar-refractivity contribution in [2.45, 2.75) is 71.1 Å². The maximum absolute atomic E-state index is 4.47. The molecule has 0 aliphatic carbocycles. The summed E-state index contributed by atoms with van der Waals surface area (Å²) in [7, 11) is 2.03. The van der Waals surface area contributed by atoms with Crippen LogP contribution in [0.2, 0.25) is 0 Å². The van der Waals surface area contributed by atoms with Gasteiger partial charge in [-0.2, -0.15) is 15.0 Å². The van der Waals surface area contributed by atoms with Gasteiger partial charge in [-0.1, -0.05) is 69.6 Å². The summed E-state index contributed by atoms with van der Waals surface area (Å²) < 4.78 is 0. The molecule has 0 aliphatic rings. The molecule has 0 saturated heterocycles. The van der Waals surface area contributed by atoms with E-state index in [1.54, 1.807) is 0 Å². The minimum atomic E-state index is 0.581. The SMILES string of the molecule is CNCCCCCCCCCCCCNc1nc(C)nc(Nc2ccccc2)n1. The molecule has 3 N–H and O–H groups in total. The normalized spacial score (nSPS) is 10.8. The van der Waals surface area contributed by atoms with Crippen LogP contribution in [0.25, 0.3) is 0 Å². The molecule has 1 heterocycles. The van der Waals surface area contributed by atoms with Crippen molar-refractivity contribution in [1.82, 2.24) is 20.3 Å². The van der Waals surface area contributed by atoms with E-state index in [1.165, 1.54) is 57.8 Å². The second-order valence-electron chi connectivity index (χ2n) is 7.59. The molecule has 0 unspecified atom stereocenters. The molecule has 2 aromatic rings. The largest absolute Gasteiger partial charge is 0.354 e. The number of hydrogen-bond donors (Lipinski definition) is 3. The first kappa shape index (κ1) is 23.1. The summed E-state index contributed by atoms with van der Waals surface area (Å²) in [5.41, 5.74) is 0.974. The van der Waals surface area contributed by atoms with Crippen molar-refractivity contribution in [2.75, 3.05) is 30.8 Å². The van der Waals surface area contributed by atoms with E-state index in [2.05, 4.69) is 30.9 Å². The van der Waals surface area contributed by atoms with E-state index in [4.69, 9.17) is 0 Å². The molecule has 6 nitrogen and oxygen atoms in total. The van der Waals surface area contributed by atoms with Crippen LogP contribution >= 0.6 is 0 Å². The third kappa shape index (κ3) is 10.8. The Bertz CT molecular complexity index is 662. The maximum atomic E-state index is 4.47. The number of anilines is 3. The van der Waals surface area contributed by atoms with Crippen molar-refractivity contribution >= 4 is 17.6 Å². The third-order valence-corrected chi connectivity index (χ3v) is 4.91. The van der Waals surface area contributed by atoms with Gasteiger partial charge < -0.3 is 16.0 Å². The van der Waals surface area contributed by atoms with Gasteiger partial charge in [-0.05, 0) is 45.5 Å². The molecule has 0 spiro atoms. The summed E-state index contributed by atoms with van der Waals surface area (Å²) in [4.78, 5) is 13.2. The Hall–Kier alpha value is -2.21. The average molecular weight is 399 g/mol. The van der Waals surface area contributed by atoms with Gasteiger partial charge in [-0.3, -0.25) is 0 Å². The first-order valence-electron chi connectivity index (χ1n) is 11.2. The Balaban J connectivity index is 1.53. The lowest BCUT2D eigenvalue weighted by Gasteiger charge is -2.09. The highest BCUT2D eigenvalue weighted by atomic mass is 15.2. The van der Waals surface area contributed by atoms with Crippen molar-refractivity contribution in [3.63, 3.8) is 0 Å². The lowest BCUT2D eigenvalue weighted by molar-refractivity contribution is 0.549. The molecule has 1 aromatic heterocycles. The zero-order valence-corrected chi connectivity index (χ0v) is 18.2. The van der Waals surface area contributed by atoms with Crippen LogP contribution in [0.5, 0.6) is 0 Å². The average Bonchev–Trinajstić information content (AvgIpc) is 2.72. The van der Waals surface area contributed by atoms with Crippen LogP contribution in [0.15, 0.2) is 30.3 Å². The van der Waals surface area contributed by atoms with Gasteiger partial charge in [0.05, 0.1) is 0 Å². The third-order valence-electron chi connectivity index (χ3n) is 4.91. The number of nitrogens with zero attached hydrogens (tertiary/aromatic N) is 3. The van der Waals surface area contributed by atoms with Gasteiger partial charge in [0.1, 0.15) is 5.82 Å². The number of para-hydroxylation sites is 1. The molecule has 29 heavy (non-hydrogen) atoms. The summed E-state index contributed by atoms with van der Waals surface area (Å²) in [5.74, 6) is 1.94. The molecule has 1 aromatic carbocycles. The summed E-state index contributed by atoms with van der Waals surface area (Å²) in [6.45, 7) is 3.95. The van der Waals surface area contributed by atoms with Crippen molar-refractivity contribution in [3.05, 3.63) is 36.2 Å². The minimum Gasteiger partial charge on any atom is -0.354 e. The molecule has 0 radical (unpaired) electrons. The lowest BCUT2D eigenvalue weighted by atomic mass is 10.1. The number of aryl methyl sites for hydroxylation is 1. The molecule has 2 rings (SSSR count). The summed E-state index contributed by atoms with van der Waals surface area (Å²) >= 11 is 0. The van der Waals surface area contributed by atoms with Gasteiger partial charge in [0.15, 0.2) is 0 Å². The van der Waals surface area contributed by atoms with E-state index < -0.39 is 0 Å². The molecular formula is C23H38N6. The van der Waals surface area contributed by atoms with Gasteiger partial charge >= 0.3 is 0 Å². The zero-order chi connectivity index (χ0) is 20.6. The first-order chi connectivity index (χ1) is 14.3. The smallest absolute Gasteiger partial charge is 0.232 e. The summed E-state index contributed by atoms with van der Waals surface area (Å²) in [5, 5.41) is 9.78. The van der Waals surface area contributed by atoms with Crippen molar-refractivity contribution in [1.29, 1.82) is 0 Å². The van der Waals surface area contributed by atoms with Crippen molar-refractivity contribution < 1.29 is 0 Å². The standard InChI is InChI=1S/C23H38N6/c1-20-26-22(29-23(27-20)28-21-16-12-11-13-17-21)25-19-15-10-8-6-4-3-5-7-9-14-18-24-2/h11-13,16-17,24H,3-10,14-15,18-19H2,1-2H3,(H2,25,26,27,28,29). The van der Waals surface area contributed by atoms with Crippen LogP contribution in [0.4, 0.5) is 17.6 Å². The number of benzene rings is 1. The van der Waals surface area contributed by atoms with Crippen LogP contribution in [0.1, 0.15) is 70.0 Å². The zero-order valence-electron chi connectivity index (χ0n) is 18.2. The quantitative estimate of drug-likeness (QED) is 0.326. The van der Waals surface area contributed by atoms with Gasteiger partial charge in [-0.25, -0.2) is 0 Å². The Morgan fingerprint density at radius 1 is 0.655 bits per heavy atom. The second-order valence-corrected chi connectivity index (χ2v) is 7.59. The number of rotatable bonds is 16. The van der Waals surface area contributed by atoms with Crippen LogP contribution in [0, 0.1) is 6.92 Å². The van der Waals surface area contributed by atoms with Crippen LogP contribution in [-0.2, 0) is 0 Å². The Kier molecular flexibility index (Phi) is 11.7. The lowest BCUT2D eigenvalue weighted by Crippen LogP contribution is -2.09. The van der Waals surface area contributed by atoms with Gasteiger partial charge in [0, 0.05) is 12.2 Å². The number of nitrogens with one attached hydrogen (secondary N) is 3. The van der Waals surface area contributed by atoms with Gasteiger partial charge in [-0.15, -0.1) is 0 Å². The molecule has 0 atom stereocenters. The second kappa shape index (κ2) is 14.7. The van der Waals surface area contributed by atoms with E-state index in [9.17, 15) is 0 Å². The maximum Gasteiger partial charge on any atom is 0.232 e. The number of aromatic nitrogens is 3. The highest BCUT2D eigenvalue weighted by Crippen LogP contribution is 2.14. The molecule has 0 bridgehead atoms. The predicted octanol–water partition coefficient (Wildman–Crippen LogP) is 5.46. The Morgan fingerprint density at radius 3 is 1.83 bits per heavy atom. The summed E-state index contributed by atoms with van der Waals surface area (Å²) in [6, 6.07) is 9.96. The Morgan fingerprint density at radius 2 is 1.21 bits per heavy atom. The molecule has 0 fully saturated rings. The van der Waals surface area contributed by atoms with E-state index >= 15 is 0 Å². The topological polar surface area (TPSA) is 74.8 Å². The first-order valence-corrected chi connectivity index (χ1v) is 11.2. The highest BCUT2D eigenvalue weighted by molar-refractivity contribution is 5.53. The molecule has 0 amide bonds. The fourth-order valence-electron chi connectivity index (χ4n) is 3.31. The van der Waals surface area contributed by atoms with E-state index in [0.29, 0.717) is 17.7 Å².